The molecule has 10 aromatic rings. The summed E-state index contributed by atoms with van der Waals surface area (Å²) in [5, 5.41) is 4.33. The number of hydrogen-bond acceptors (Lipinski definition) is 6. The second-order valence-electron chi connectivity index (χ2n) is 13.2. The van der Waals surface area contributed by atoms with Crippen LogP contribution in [0, 0.1) is 0 Å². The third-order valence-electron chi connectivity index (χ3n) is 9.98. The van der Waals surface area contributed by atoms with E-state index >= 15 is 0 Å². The number of hydrogen-bond donors (Lipinski definition) is 0. The van der Waals surface area contributed by atoms with E-state index in [2.05, 4.69) is 143 Å². The number of oxazole rings is 2. The lowest BCUT2D eigenvalue weighted by atomic mass is 9.86. The highest BCUT2D eigenvalue weighted by molar-refractivity contribution is 6.21. The fourth-order valence-corrected chi connectivity index (χ4v) is 7.39. The molecular formula is C48H30N4O2. The standard InChI is InChI=1S/C48H30N4O2/c1-3-9-31(10-4-1)36-21-37(32-11-5-2-6-12-32)23-38(22-36)33-15-18-41-42(24-33)48(44-20-17-35(26-52-44)46-28-50-30-54-46)40-14-8-7-13-39(40)47(41)43-19-16-34(25-51-43)45-27-49-29-53-45/h1-30H. The first-order chi connectivity index (χ1) is 26.8. The molecule has 0 N–H and O–H groups in total. The van der Waals surface area contributed by atoms with Gasteiger partial charge in [-0.1, -0.05) is 97.1 Å². The molecule has 6 aromatic carbocycles. The van der Waals surface area contributed by atoms with Crippen LogP contribution in [0.5, 0.6) is 0 Å². The van der Waals surface area contributed by atoms with Crippen LogP contribution >= 0.6 is 0 Å². The van der Waals surface area contributed by atoms with Crippen molar-refractivity contribution >= 4 is 21.5 Å². The maximum atomic E-state index is 5.58. The van der Waals surface area contributed by atoms with Gasteiger partial charge in [-0.05, 0) is 103 Å². The number of nitrogens with zero attached hydrogens (tertiary/aromatic N) is 4. The van der Waals surface area contributed by atoms with Gasteiger partial charge >= 0.3 is 0 Å². The van der Waals surface area contributed by atoms with E-state index in [0.29, 0.717) is 11.5 Å². The Hall–Kier alpha value is -7.44. The molecular weight excluding hydrogens is 665 g/mol. The van der Waals surface area contributed by atoms with Crippen molar-refractivity contribution in [3.63, 3.8) is 0 Å². The van der Waals surface area contributed by atoms with Gasteiger partial charge in [-0.25, -0.2) is 9.97 Å². The van der Waals surface area contributed by atoms with Gasteiger partial charge in [0.1, 0.15) is 0 Å². The number of fused-ring (bicyclic) bond motifs is 2. The zero-order chi connectivity index (χ0) is 35.8. The molecule has 4 aromatic heterocycles. The molecule has 0 bridgehead atoms. The van der Waals surface area contributed by atoms with Crippen LogP contribution in [-0.2, 0) is 0 Å². The van der Waals surface area contributed by atoms with E-state index < -0.39 is 0 Å². The first kappa shape index (κ1) is 31.3. The first-order valence-electron chi connectivity index (χ1n) is 17.7. The van der Waals surface area contributed by atoms with E-state index in [9.17, 15) is 0 Å². The second-order valence-corrected chi connectivity index (χ2v) is 13.2. The van der Waals surface area contributed by atoms with Gasteiger partial charge in [0.25, 0.3) is 0 Å². The predicted octanol–water partition coefficient (Wildman–Crippen LogP) is 12.4. The number of pyridine rings is 2. The molecule has 0 saturated heterocycles. The van der Waals surface area contributed by atoms with Crippen LogP contribution < -0.4 is 0 Å². The Morgan fingerprint density at radius 3 is 1.22 bits per heavy atom. The first-order valence-corrected chi connectivity index (χ1v) is 17.7. The fraction of sp³-hybridized carbons (Fsp3) is 0. The molecule has 10 rings (SSSR count). The third-order valence-corrected chi connectivity index (χ3v) is 9.98. The predicted molar refractivity (Wildman–Crippen MR) is 215 cm³/mol. The summed E-state index contributed by atoms with van der Waals surface area (Å²) in [4.78, 5) is 18.2. The summed E-state index contributed by atoms with van der Waals surface area (Å²) < 4.78 is 11.1. The molecule has 0 unspecified atom stereocenters. The monoisotopic (exact) mass is 694 g/mol. The van der Waals surface area contributed by atoms with Gasteiger partial charge in [-0.2, -0.15) is 0 Å². The summed E-state index contributed by atoms with van der Waals surface area (Å²) in [6.45, 7) is 0. The SMILES string of the molecule is c1ccc(-c2cc(-c3ccccc3)cc(-c3ccc4c(-c5ccc(-c6cnco6)cn5)c5ccccc5c(-c5ccc(-c6cnco6)cn5)c4c3)c2)cc1. The van der Waals surface area contributed by atoms with Gasteiger partial charge in [-0.3, -0.25) is 9.97 Å². The van der Waals surface area contributed by atoms with Crippen molar-refractivity contribution < 1.29 is 8.83 Å². The van der Waals surface area contributed by atoms with E-state index in [4.69, 9.17) is 18.8 Å². The summed E-state index contributed by atoms with van der Waals surface area (Å²) >= 11 is 0. The van der Waals surface area contributed by atoms with Crippen molar-refractivity contribution in [3.8, 4) is 78.5 Å². The molecule has 0 saturated carbocycles. The quantitative estimate of drug-likeness (QED) is 0.155. The lowest BCUT2D eigenvalue weighted by Crippen LogP contribution is -1.95. The Balaban J connectivity index is 1.23. The van der Waals surface area contributed by atoms with Crippen molar-refractivity contribution in [2.24, 2.45) is 0 Å². The molecule has 0 spiro atoms. The molecule has 0 aliphatic heterocycles. The minimum atomic E-state index is 0.675. The zero-order valence-electron chi connectivity index (χ0n) is 28.9. The highest BCUT2D eigenvalue weighted by Gasteiger charge is 2.20. The van der Waals surface area contributed by atoms with E-state index in [1.54, 1.807) is 12.4 Å². The lowest BCUT2D eigenvalue weighted by molar-refractivity contribution is 0.571. The van der Waals surface area contributed by atoms with Gasteiger partial charge < -0.3 is 8.83 Å². The molecule has 254 valence electrons. The molecule has 6 heteroatoms. The lowest BCUT2D eigenvalue weighted by Gasteiger charge is -2.18. The Morgan fingerprint density at radius 2 is 0.759 bits per heavy atom. The highest BCUT2D eigenvalue weighted by atomic mass is 16.3. The van der Waals surface area contributed by atoms with Crippen LogP contribution in [0.2, 0.25) is 0 Å². The van der Waals surface area contributed by atoms with Gasteiger partial charge in [0.2, 0.25) is 0 Å². The topological polar surface area (TPSA) is 77.8 Å². The average molecular weight is 695 g/mol. The van der Waals surface area contributed by atoms with Crippen molar-refractivity contribution in [2.45, 2.75) is 0 Å². The maximum absolute atomic E-state index is 5.58. The minimum Gasteiger partial charge on any atom is -0.443 e. The summed E-state index contributed by atoms with van der Waals surface area (Å²) in [6.07, 6.45) is 9.98. The Labute approximate surface area is 311 Å². The second kappa shape index (κ2) is 13.3. The third kappa shape index (κ3) is 5.63. The molecule has 54 heavy (non-hydrogen) atoms. The van der Waals surface area contributed by atoms with Crippen molar-refractivity contribution in [2.75, 3.05) is 0 Å². The summed E-state index contributed by atoms with van der Waals surface area (Å²) in [7, 11) is 0. The van der Waals surface area contributed by atoms with Crippen molar-refractivity contribution in [1.82, 2.24) is 19.9 Å². The van der Waals surface area contributed by atoms with Gasteiger partial charge in [0.15, 0.2) is 24.3 Å². The van der Waals surface area contributed by atoms with Crippen LogP contribution in [0.15, 0.2) is 192 Å². The van der Waals surface area contributed by atoms with Crippen molar-refractivity contribution in [1.29, 1.82) is 0 Å². The molecule has 0 fully saturated rings. The molecule has 4 heterocycles. The van der Waals surface area contributed by atoms with E-state index in [-0.39, 0.29) is 0 Å². The van der Waals surface area contributed by atoms with E-state index in [1.165, 1.54) is 23.9 Å². The van der Waals surface area contributed by atoms with E-state index in [1.807, 2.05) is 24.5 Å². The van der Waals surface area contributed by atoms with Crippen LogP contribution in [0.3, 0.4) is 0 Å². The zero-order valence-corrected chi connectivity index (χ0v) is 28.9. The summed E-state index contributed by atoms with van der Waals surface area (Å²) in [5.41, 5.74) is 12.5. The largest absolute Gasteiger partial charge is 0.443 e. The van der Waals surface area contributed by atoms with Crippen LogP contribution in [0.1, 0.15) is 0 Å². The number of rotatable bonds is 7. The van der Waals surface area contributed by atoms with Crippen LogP contribution in [-0.4, -0.2) is 19.9 Å². The fourth-order valence-electron chi connectivity index (χ4n) is 7.39. The summed E-state index contributed by atoms with van der Waals surface area (Å²) in [5.74, 6) is 1.35. The Kier molecular flexibility index (Phi) is 7.69. The molecule has 0 atom stereocenters. The van der Waals surface area contributed by atoms with Crippen LogP contribution in [0.25, 0.3) is 100 Å². The summed E-state index contributed by atoms with van der Waals surface area (Å²) in [6, 6.07) is 51.5. The van der Waals surface area contributed by atoms with Crippen LogP contribution in [0.4, 0.5) is 0 Å². The molecule has 0 aliphatic rings. The molecule has 0 amide bonds. The van der Waals surface area contributed by atoms with Gasteiger partial charge in [-0.15, -0.1) is 0 Å². The normalized spacial score (nSPS) is 11.3. The number of aromatic nitrogens is 4. The van der Waals surface area contributed by atoms with Crippen molar-refractivity contribution in [3.05, 3.63) is 183 Å². The molecule has 6 nitrogen and oxygen atoms in total. The maximum Gasteiger partial charge on any atom is 0.181 e. The van der Waals surface area contributed by atoms with E-state index in [0.717, 1.165) is 77.4 Å². The van der Waals surface area contributed by atoms with Gasteiger partial charge in [0.05, 0.1) is 23.8 Å². The minimum absolute atomic E-state index is 0.675. The average Bonchev–Trinajstić information content (AvgIpc) is 4.00. The smallest absolute Gasteiger partial charge is 0.181 e. The molecule has 0 aliphatic carbocycles. The van der Waals surface area contributed by atoms with Gasteiger partial charge in [0, 0.05) is 34.6 Å². The Morgan fingerprint density at radius 1 is 0.315 bits per heavy atom. The number of benzene rings is 6. The Bertz CT molecular complexity index is 2830. The highest BCUT2D eigenvalue weighted by Crippen LogP contribution is 2.45. The molecule has 0 radical (unpaired) electrons.